The Labute approximate surface area is 98.0 Å². The Morgan fingerprint density at radius 2 is 1.81 bits per heavy atom. The van der Waals surface area contributed by atoms with Gasteiger partial charge in [-0.25, -0.2) is 0 Å². The Morgan fingerprint density at radius 3 is 2.25 bits per heavy atom. The molecular formula is C8H24N4O3Si. The van der Waals surface area contributed by atoms with Crippen LogP contribution in [0.4, 0.5) is 0 Å². The van der Waals surface area contributed by atoms with Crippen molar-refractivity contribution in [1.29, 1.82) is 0 Å². The molecule has 8 heteroatoms. The van der Waals surface area contributed by atoms with Crippen LogP contribution < -0.4 is 22.5 Å². The summed E-state index contributed by atoms with van der Waals surface area (Å²) in [6, 6.07) is 0.669. The smallest absolute Gasteiger partial charge is 0.377 e. The second-order valence-electron chi connectivity index (χ2n) is 3.32. The van der Waals surface area contributed by atoms with Crippen molar-refractivity contribution in [3.05, 3.63) is 0 Å². The van der Waals surface area contributed by atoms with E-state index in [-0.39, 0.29) is 0 Å². The Kier molecular flexibility index (Phi) is 8.98. The summed E-state index contributed by atoms with van der Waals surface area (Å²) in [5.74, 6) is 0. The minimum absolute atomic E-state index is 0.626. The lowest BCUT2D eigenvalue weighted by Gasteiger charge is -2.28. The molecular weight excluding hydrogens is 228 g/mol. The summed E-state index contributed by atoms with van der Waals surface area (Å²) in [6.45, 7) is 2.26. The second-order valence-corrected chi connectivity index (χ2v) is 6.23. The maximum absolute atomic E-state index is 5.38. The molecule has 0 heterocycles. The van der Waals surface area contributed by atoms with Crippen molar-refractivity contribution in [2.45, 2.75) is 18.8 Å². The average molecular weight is 252 g/mol. The van der Waals surface area contributed by atoms with E-state index < -0.39 is 15.2 Å². The fourth-order valence-electron chi connectivity index (χ4n) is 1.31. The molecule has 7 nitrogen and oxygen atoms in total. The molecule has 0 aromatic rings. The van der Waals surface area contributed by atoms with E-state index in [4.69, 9.17) is 30.5 Å². The van der Waals surface area contributed by atoms with E-state index in [2.05, 4.69) is 5.32 Å². The molecule has 0 atom stereocenters. The highest BCUT2D eigenvalue weighted by atomic mass is 28.4. The van der Waals surface area contributed by atoms with Gasteiger partial charge in [0.2, 0.25) is 0 Å². The van der Waals surface area contributed by atoms with Gasteiger partial charge in [0.15, 0.2) is 6.35 Å². The van der Waals surface area contributed by atoms with Gasteiger partial charge in [-0.3, -0.25) is 11.5 Å². The van der Waals surface area contributed by atoms with Crippen LogP contribution in [0.5, 0.6) is 0 Å². The van der Waals surface area contributed by atoms with Crippen molar-refractivity contribution in [1.82, 2.24) is 5.32 Å². The highest BCUT2D eigenvalue weighted by Gasteiger charge is 2.39. The zero-order chi connectivity index (χ0) is 12.4. The molecule has 0 rings (SSSR count). The molecule has 0 bridgehead atoms. The van der Waals surface area contributed by atoms with Gasteiger partial charge >= 0.3 is 8.80 Å². The van der Waals surface area contributed by atoms with E-state index in [0.717, 1.165) is 19.5 Å². The van der Waals surface area contributed by atoms with Gasteiger partial charge in [-0.2, -0.15) is 0 Å². The van der Waals surface area contributed by atoms with Gasteiger partial charge in [0.25, 0.3) is 0 Å². The number of hydrogen-bond acceptors (Lipinski definition) is 7. The van der Waals surface area contributed by atoms with Crippen molar-refractivity contribution in [3.63, 3.8) is 0 Å². The first kappa shape index (κ1) is 15.9. The lowest BCUT2D eigenvalue weighted by atomic mass is 10.5. The molecule has 0 saturated carbocycles. The summed E-state index contributed by atoms with van der Waals surface area (Å²) in [6.07, 6.45) is -0.00997. The van der Waals surface area contributed by atoms with Gasteiger partial charge in [-0.1, -0.05) is 0 Å². The summed E-state index contributed by atoms with van der Waals surface area (Å²) in [7, 11) is 0.406. The van der Waals surface area contributed by atoms with E-state index in [9.17, 15) is 0 Å². The SMILES string of the molecule is CO[Si](CCCNCCN)(OC)OC(N)N. The number of rotatable bonds is 10. The van der Waals surface area contributed by atoms with Crippen molar-refractivity contribution in [3.8, 4) is 0 Å². The van der Waals surface area contributed by atoms with Crippen LogP contribution >= 0.6 is 0 Å². The van der Waals surface area contributed by atoms with Crippen molar-refractivity contribution < 1.29 is 13.3 Å². The largest absolute Gasteiger partial charge is 0.502 e. The second kappa shape index (κ2) is 9.02. The van der Waals surface area contributed by atoms with E-state index in [0.29, 0.717) is 12.6 Å². The molecule has 0 saturated heterocycles. The van der Waals surface area contributed by atoms with Crippen molar-refractivity contribution in [2.75, 3.05) is 33.9 Å². The first-order valence-corrected chi connectivity index (χ1v) is 7.23. The molecule has 98 valence electrons. The molecule has 0 aliphatic rings. The molecule has 16 heavy (non-hydrogen) atoms. The third-order valence-electron chi connectivity index (χ3n) is 2.10. The highest BCUT2D eigenvalue weighted by Crippen LogP contribution is 2.15. The maximum Gasteiger partial charge on any atom is 0.502 e. The number of nitrogens with one attached hydrogen (secondary N) is 1. The van der Waals surface area contributed by atoms with Gasteiger partial charge in [0, 0.05) is 33.4 Å². The van der Waals surface area contributed by atoms with Crippen LogP contribution in [-0.4, -0.2) is 49.0 Å². The molecule has 7 N–H and O–H groups in total. The predicted octanol–water partition coefficient (Wildman–Crippen LogP) is -1.63. The minimum atomic E-state index is -2.69. The van der Waals surface area contributed by atoms with Crippen LogP contribution in [-0.2, 0) is 13.3 Å². The third kappa shape index (κ3) is 6.50. The van der Waals surface area contributed by atoms with Crippen LogP contribution in [0.15, 0.2) is 0 Å². The zero-order valence-corrected chi connectivity index (χ0v) is 11.1. The van der Waals surface area contributed by atoms with Crippen LogP contribution in [0.1, 0.15) is 6.42 Å². The quantitative estimate of drug-likeness (QED) is 0.209. The minimum Gasteiger partial charge on any atom is -0.377 e. The standard InChI is InChI=1S/C8H24N4O3Si/c1-13-16(14-2,15-8(10)11)7-3-5-12-6-4-9/h8,12H,3-7,9-11H2,1-2H3. The van der Waals surface area contributed by atoms with E-state index in [1.54, 1.807) is 14.2 Å². The first-order chi connectivity index (χ1) is 7.60. The lowest BCUT2D eigenvalue weighted by Crippen LogP contribution is -2.52. The Balaban J connectivity index is 3.92. The highest BCUT2D eigenvalue weighted by molar-refractivity contribution is 6.60. The maximum atomic E-state index is 5.38. The summed E-state index contributed by atoms with van der Waals surface area (Å²) in [5, 5.41) is 3.18. The van der Waals surface area contributed by atoms with E-state index >= 15 is 0 Å². The molecule has 0 aromatic heterocycles. The zero-order valence-electron chi connectivity index (χ0n) is 10.1. The molecule has 0 spiro atoms. The number of nitrogens with two attached hydrogens (primary N) is 3. The molecule has 0 unspecified atom stereocenters. The number of hydrogen-bond donors (Lipinski definition) is 4. The predicted molar refractivity (Wildman–Crippen MR) is 64.4 cm³/mol. The Bertz CT molecular complexity index is 169. The Morgan fingerprint density at radius 1 is 1.19 bits per heavy atom. The van der Waals surface area contributed by atoms with Gasteiger partial charge in [-0.15, -0.1) is 0 Å². The molecule has 0 radical (unpaired) electrons. The fraction of sp³-hybridized carbons (Fsp3) is 1.00. The molecule has 0 amide bonds. The lowest BCUT2D eigenvalue weighted by molar-refractivity contribution is 0.0599. The third-order valence-corrected chi connectivity index (χ3v) is 4.94. The summed E-state index contributed by atoms with van der Waals surface area (Å²) in [4.78, 5) is 0. The molecule has 0 aliphatic carbocycles. The van der Waals surface area contributed by atoms with Gasteiger partial charge in [0.05, 0.1) is 0 Å². The fourth-order valence-corrected chi connectivity index (χ4v) is 3.22. The van der Waals surface area contributed by atoms with Crippen LogP contribution in [0.2, 0.25) is 6.04 Å². The van der Waals surface area contributed by atoms with Gasteiger partial charge in [0.1, 0.15) is 0 Å². The molecule has 0 fully saturated rings. The normalized spacial score (nSPS) is 12.4. The summed E-state index contributed by atoms with van der Waals surface area (Å²) in [5.41, 5.74) is 16.1. The van der Waals surface area contributed by atoms with Gasteiger partial charge in [-0.05, 0) is 13.0 Å². The first-order valence-electron chi connectivity index (χ1n) is 5.30. The van der Waals surface area contributed by atoms with Crippen LogP contribution in [0, 0.1) is 0 Å². The van der Waals surface area contributed by atoms with Crippen LogP contribution in [0.25, 0.3) is 0 Å². The van der Waals surface area contributed by atoms with Gasteiger partial charge < -0.3 is 24.3 Å². The summed E-state index contributed by atoms with van der Waals surface area (Å²) >= 11 is 0. The van der Waals surface area contributed by atoms with Crippen molar-refractivity contribution >= 4 is 8.80 Å². The van der Waals surface area contributed by atoms with Crippen molar-refractivity contribution in [2.24, 2.45) is 17.2 Å². The molecule has 0 aromatic carbocycles. The van der Waals surface area contributed by atoms with E-state index in [1.165, 1.54) is 0 Å². The topological polar surface area (TPSA) is 118 Å². The van der Waals surface area contributed by atoms with Crippen LogP contribution in [0.3, 0.4) is 0 Å². The average Bonchev–Trinajstić information content (AvgIpc) is 2.26. The molecule has 0 aliphatic heterocycles. The monoisotopic (exact) mass is 252 g/mol. The Hall–Kier alpha value is -0.0631. The summed E-state index contributed by atoms with van der Waals surface area (Å²) < 4.78 is 15.9. The van der Waals surface area contributed by atoms with E-state index in [1.807, 2.05) is 0 Å².